The predicted molar refractivity (Wildman–Crippen MR) is 79.5 cm³/mol. The van der Waals surface area contributed by atoms with Crippen molar-refractivity contribution in [3.05, 3.63) is 35.9 Å². The summed E-state index contributed by atoms with van der Waals surface area (Å²) >= 11 is 0. The SMILES string of the molecule is CCC(c1ccccc1)C(CCCS(C)(=O)=O)NN. The van der Waals surface area contributed by atoms with Gasteiger partial charge in [-0.25, -0.2) is 8.42 Å². The maximum Gasteiger partial charge on any atom is 0.147 e. The lowest BCUT2D eigenvalue weighted by Gasteiger charge is -2.26. The van der Waals surface area contributed by atoms with Crippen LogP contribution in [-0.2, 0) is 9.84 Å². The topological polar surface area (TPSA) is 72.2 Å². The molecule has 0 fully saturated rings. The maximum absolute atomic E-state index is 11.2. The lowest BCUT2D eigenvalue weighted by molar-refractivity contribution is 0.403. The maximum atomic E-state index is 11.2. The Morgan fingerprint density at radius 2 is 1.89 bits per heavy atom. The molecular weight excluding hydrogens is 260 g/mol. The fourth-order valence-corrected chi connectivity index (χ4v) is 3.11. The lowest BCUT2D eigenvalue weighted by atomic mass is 9.87. The van der Waals surface area contributed by atoms with Crippen molar-refractivity contribution in [2.45, 2.75) is 38.1 Å². The quantitative estimate of drug-likeness (QED) is 0.564. The molecule has 0 aliphatic carbocycles. The van der Waals surface area contributed by atoms with Gasteiger partial charge in [0.2, 0.25) is 0 Å². The second-order valence-electron chi connectivity index (χ2n) is 4.97. The zero-order valence-electron chi connectivity index (χ0n) is 11.7. The Kier molecular flexibility index (Phi) is 6.48. The molecule has 5 heteroatoms. The number of benzene rings is 1. The van der Waals surface area contributed by atoms with Gasteiger partial charge in [0.1, 0.15) is 9.84 Å². The number of sulfone groups is 1. The average molecular weight is 284 g/mol. The first-order chi connectivity index (χ1) is 8.98. The van der Waals surface area contributed by atoms with Crippen LogP contribution in [0.25, 0.3) is 0 Å². The molecule has 1 rings (SSSR count). The minimum Gasteiger partial charge on any atom is -0.271 e. The molecule has 1 aromatic rings. The summed E-state index contributed by atoms with van der Waals surface area (Å²) in [7, 11) is -2.89. The van der Waals surface area contributed by atoms with E-state index in [1.165, 1.54) is 11.8 Å². The number of hydrogen-bond acceptors (Lipinski definition) is 4. The van der Waals surface area contributed by atoms with Crippen molar-refractivity contribution in [3.63, 3.8) is 0 Å². The molecule has 0 bridgehead atoms. The zero-order valence-corrected chi connectivity index (χ0v) is 12.5. The van der Waals surface area contributed by atoms with Crippen molar-refractivity contribution in [1.29, 1.82) is 0 Å². The van der Waals surface area contributed by atoms with Crippen molar-refractivity contribution in [3.8, 4) is 0 Å². The minimum atomic E-state index is -2.89. The van der Waals surface area contributed by atoms with E-state index in [0.29, 0.717) is 12.3 Å². The summed E-state index contributed by atoms with van der Waals surface area (Å²) in [6, 6.07) is 10.3. The summed E-state index contributed by atoms with van der Waals surface area (Å²) in [5.74, 6) is 6.17. The predicted octanol–water partition coefficient (Wildman–Crippen LogP) is 1.84. The monoisotopic (exact) mass is 284 g/mol. The molecule has 0 saturated carbocycles. The minimum absolute atomic E-state index is 0.106. The summed E-state index contributed by atoms with van der Waals surface area (Å²) in [6.07, 6.45) is 3.64. The Morgan fingerprint density at radius 1 is 1.26 bits per heavy atom. The van der Waals surface area contributed by atoms with Gasteiger partial charge in [-0.05, 0) is 24.8 Å². The normalized spacial score (nSPS) is 15.1. The van der Waals surface area contributed by atoms with Crippen LogP contribution in [0.4, 0.5) is 0 Å². The van der Waals surface area contributed by atoms with Gasteiger partial charge < -0.3 is 0 Å². The first-order valence-electron chi connectivity index (χ1n) is 6.66. The Balaban J connectivity index is 2.66. The third kappa shape index (κ3) is 5.72. The van der Waals surface area contributed by atoms with Crippen LogP contribution in [0.15, 0.2) is 30.3 Å². The van der Waals surface area contributed by atoms with Gasteiger partial charge in [-0.15, -0.1) is 0 Å². The van der Waals surface area contributed by atoms with E-state index in [4.69, 9.17) is 5.84 Å². The first-order valence-corrected chi connectivity index (χ1v) is 8.72. The standard InChI is InChI=1S/C14H24N2O2S/c1-3-13(12-8-5-4-6-9-12)14(16-15)10-7-11-19(2,17)18/h4-6,8-9,13-14,16H,3,7,10-11,15H2,1-2H3. The molecule has 0 aliphatic heterocycles. The van der Waals surface area contributed by atoms with Crippen molar-refractivity contribution in [2.24, 2.45) is 5.84 Å². The van der Waals surface area contributed by atoms with Gasteiger partial charge in [-0.2, -0.15) is 0 Å². The molecule has 0 saturated heterocycles. The lowest BCUT2D eigenvalue weighted by Crippen LogP contribution is -2.40. The number of rotatable bonds is 8. The second-order valence-corrected chi connectivity index (χ2v) is 7.23. The smallest absolute Gasteiger partial charge is 0.147 e. The number of nitrogens with one attached hydrogen (secondary N) is 1. The molecule has 2 atom stereocenters. The van der Waals surface area contributed by atoms with Gasteiger partial charge in [-0.3, -0.25) is 11.3 Å². The van der Waals surface area contributed by atoms with E-state index >= 15 is 0 Å². The molecule has 0 aromatic heterocycles. The molecule has 0 aliphatic rings. The molecule has 4 nitrogen and oxygen atoms in total. The summed E-state index contributed by atoms with van der Waals surface area (Å²) < 4.78 is 22.3. The fourth-order valence-electron chi connectivity index (χ4n) is 2.42. The second kappa shape index (κ2) is 7.62. The molecular formula is C14H24N2O2S. The van der Waals surface area contributed by atoms with E-state index in [9.17, 15) is 8.42 Å². The molecule has 2 unspecified atom stereocenters. The molecule has 0 radical (unpaired) electrons. The van der Waals surface area contributed by atoms with E-state index in [2.05, 4.69) is 24.5 Å². The van der Waals surface area contributed by atoms with Gasteiger partial charge in [-0.1, -0.05) is 37.3 Å². The zero-order chi connectivity index (χ0) is 14.3. The van der Waals surface area contributed by atoms with E-state index in [1.807, 2.05) is 18.2 Å². The van der Waals surface area contributed by atoms with E-state index in [-0.39, 0.29) is 11.8 Å². The summed E-state index contributed by atoms with van der Waals surface area (Å²) in [5, 5.41) is 0. The van der Waals surface area contributed by atoms with Crippen LogP contribution >= 0.6 is 0 Å². The van der Waals surface area contributed by atoms with Crippen LogP contribution in [0.3, 0.4) is 0 Å². The van der Waals surface area contributed by atoms with E-state index < -0.39 is 9.84 Å². The van der Waals surface area contributed by atoms with Crippen molar-refractivity contribution in [2.75, 3.05) is 12.0 Å². The molecule has 3 N–H and O–H groups in total. The van der Waals surface area contributed by atoms with Crippen LogP contribution in [0, 0.1) is 0 Å². The van der Waals surface area contributed by atoms with Gasteiger partial charge in [0.05, 0.1) is 0 Å². The largest absolute Gasteiger partial charge is 0.271 e. The highest BCUT2D eigenvalue weighted by Crippen LogP contribution is 2.25. The van der Waals surface area contributed by atoms with Crippen LogP contribution in [-0.4, -0.2) is 26.5 Å². The Labute approximate surface area is 116 Å². The number of hydrazine groups is 1. The van der Waals surface area contributed by atoms with Gasteiger partial charge in [0, 0.05) is 24.0 Å². The fraction of sp³-hybridized carbons (Fsp3) is 0.571. The molecule has 0 heterocycles. The number of hydrogen-bond donors (Lipinski definition) is 2. The highest BCUT2D eigenvalue weighted by atomic mass is 32.2. The third-order valence-electron chi connectivity index (χ3n) is 3.40. The van der Waals surface area contributed by atoms with Crippen molar-refractivity contribution in [1.82, 2.24) is 5.43 Å². The summed E-state index contributed by atoms with van der Waals surface area (Å²) in [4.78, 5) is 0. The van der Waals surface area contributed by atoms with Gasteiger partial charge >= 0.3 is 0 Å². The van der Waals surface area contributed by atoms with E-state index in [1.54, 1.807) is 0 Å². The van der Waals surface area contributed by atoms with Crippen molar-refractivity contribution >= 4 is 9.84 Å². The van der Waals surface area contributed by atoms with Crippen LogP contribution < -0.4 is 11.3 Å². The highest BCUT2D eigenvalue weighted by Gasteiger charge is 2.20. The molecule has 1 aromatic carbocycles. The van der Waals surface area contributed by atoms with Gasteiger partial charge in [0.15, 0.2) is 0 Å². The Hall–Kier alpha value is -0.910. The first kappa shape index (κ1) is 16.1. The summed E-state index contributed by atoms with van der Waals surface area (Å²) in [6.45, 7) is 2.12. The molecule has 0 spiro atoms. The summed E-state index contributed by atoms with van der Waals surface area (Å²) in [5.41, 5.74) is 4.09. The average Bonchev–Trinajstić information content (AvgIpc) is 2.37. The molecule has 108 valence electrons. The van der Waals surface area contributed by atoms with Crippen LogP contribution in [0.5, 0.6) is 0 Å². The third-order valence-corrected chi connectivity index (χ3v) is 4.43. The van der Waals surface area contributed by atoms with Crippen molar-refractivity contribution < 1.29 is 8.42 Å². The number of nitrogens with two attached hydrogens (primary N) is 1. The Morgan fingerprint density at radius 3 is 2.37 bits per heavy atom. The molecule has 19 heavy (non-hydrogen) atoms. The molecule has 0 amide bonds. The van der Waals surface area contributed by atoms with Crippen LogP contribution in [0.1, 0.15) is 37.7 Å². The highest BCUT2D eigenvalue weighted by molar-refractivity contribution is 7.90. The van der Waals surface area contributed by atoms with E-state index in [0.717, 1.165) is 12.8 Å². The van der Waals surface area contributed by atoms with Gasteiger partial charge in [0.25, 0.3) is 0 Å². The Bertz CT molecular complexity index is 460. The van der Waals surface area contributed by atoms with Crippen LogP contribution in [0.2, 0.25) is 0 Å².